The highest BCUT2D eigenvalue weighted by atomic mass is 16.6. The van der Waals surface area contributed by atoms with Crippen LogP contribution >= 0.6 is 0 Å². The van der Waals surface area contributed by atoms with Gasteiger partial charge in [-0.1, -0.05) is 32.8 Å². The fourth-order valence-electron chi connectivity index (χ4n) is 7.63. The van der Waals surface area contributed by atoms with Crippen molar-refractivity contribution in [2.24, 2.45) is 29.1 Å². The highest BCUT2D eigenvalue weighted by Gasteiger charge is 2.65. The molecular formula is C24H37NO3. The fraction of sp³-hybridized carbons (Fsp3) is 0.833. The van der Waals surface area contributed by atoms with E-state index in [0.29, 0.717) is 42.6 Å². The van der Waals surface area contributed by atoms with Crippen LogP contribution in [0.4, 0.5) is 0 Å². The number of amides is 1. The van der Waals surface area contributed by atoms with Gasteiger partial charge in [0.05, 0.1) is 0 Å². The molecule has 1 amide bonds. The Bertz CT molecular complexity index is 605. The summed E-state index contributed by atoms with van der Waals surface area (Å²) in [5, 5.41) is 2.76. The van der Waals surface area contributed by atoms with Gasteiger partial charge in [0.1, 0.15) is 5.60 Å². The summed E-state index contributed by atoms with van der Waals surface area (Å²) in [4.78, 5) is 24.2. The summed E-state index contributed by atoms with van der Waals surface area (Å²) >= 11 is 0. The van der Waals surface area contributed by atoms with Crippen LogP contribution in [0.15, 0.2) is 12.7 Å². The molecule has 0 saturated heterocycles. The van der Waals surface area contributed by atoms with Gasteiger partial charge in [0.2, 0.25) is 5.91 Å². The standard InChI is InChI=1S/C24H37NO3/c1-3-21(26)25-11-7-10-22(27)28-24(18-8-5-4-6-9-18)19-12-17-13-20(24)16-23(2,14-17)15-19/h3,17-20H,1,4-16H2,2H3,(H,25,26). The van der Waals surface area contributed by atoms with E-state index in [1.165, 1.54) is 70.3 Å². The maximum atomic E-state index is 12.9. The van der Waals surface area contributed by atoms with Crippen molar-refractivity contribution in [2.75, 3.05) is 6.54 Å². The van der Waals surface area contributed by atoms with Crippen LogP contribution in [0.5, 0.6) is 0 Å². The molecule has 1 N–H and O–H groups in total. The summed E-state index contributed by atoms with van der Waals surface area (Å²) in [6.45, 7) is 6.44. The molecule has 0 aromatic heterocycles. The van der Waals surface area contributed by atoms with Crippen molar-refractivity contribution in [3.05, 3.63) is 12.7 Å². The third kappa shape index (κ3) is 3.64. The average Bonchev–Trinajstić information content (AvgIpc) is 2.67. The monoisotopic (exact) mass is 387 g/mol. The summed E-state index contributed by atoms with van der Waals surface area (Å²) in [5.74, 6) is 2.32. The lowest BCUT2D eigenvalue weighted by atomic mass is 9.42. The van der Waals surface area contributed by atoms with Gasteiger partial charge < -0.3 is 10.1 Å². The second-order valence-corrected chi connectivity index (χ2v) is 10.4. The fourth-order valence-corrected chi connectivity index (χ4v) is 7.63. The minimum Gasteiger partial charge on any atom is -0.458 e. The normalized spacial score (nSPS) is 39.5. The molecule has 4 bridgehead atoms. The molecule has 0 aliphatic heterocycles. The molecule has 5 rings (SSSR count). The number of nitrogens with one attached hydrogen (secondary N) is 1. The van der Waals surface area contributed by atoms with E-state index in [-0.39, 0.29) is 17.5 Å². The Kier molecular flexibility index (Phi) is 5.59. The second kappa shape index (κ2) is 7.84. The van der Waals surface area contributed by atoms with Crippen LogP contribution in [0.1, 0.15) is 84.0 Å². The zero-order valence-electron chi connectivity index (χ0n) is 17.5. The number of ether oxygens (including phenoxy) is 1. The molecule has 4 nitrogen and oxygen atoms in total. The first-order valence-electron chi connectivity index (χ1n) is 11.6. The van der Waals surface area contributed by atoms with Gasteiger partial charge in [-0.05, 0) is 74.7 Å². The zero-order chi connectivity index (χ0) is 19.8. The van der Waals surface area contributed by atoms with Crippen molar-refractivity contribution in [3.63, 3.8) is 0 Å². The molecular weight excluding hydrogens is 350 g/mol. The predicted molar refractivity (Wildman–Crippen MR) is 110 cm³/mol. The molecule has 28 heavy (non-hydrogen) atoms. The first kappa shape index (κ1) is 20.0. The van der Waals surface area contributed by atoms with Crippen molar-refractivity contribution < 1.29 is 14.3 Å². The highest BCUT2D eigenvalue weighted by Crippen LogP contribution is 2.67. The van der Waals surface area contributed by atoms with Crippen LogP contribution < -0.4 is 5.32 Å². The Labute approximate surface area is 169 Å². The summed E-state index contributed by atoms with van der Waals surface area (Å²) in [6.07, 6.45) is 15.1. The largest absolute Gasteiger partial charge is 0.458 e. The zero-order valence-corrected chi connectivity index (χ0v) is 17.5. The Hall–Kier alpha value is -1.32. The van der Waals surface area contributed by atoms with E-state index in [0.717, 1.165) is 5.92 Å². The van der Waals surface area contributed by atoms with E-state index in [1.807, 2.05) is 0 Å². The molecule has 0 spiro atoms. The molecule has 2 atom stereocenters. The lowest BCUT2D eigenvalue weighted by molar-refractivity contribution is -0.245. The van der Waals surface area contributed by atoms with Gasteiger partial charge in [-0.2, -0.15) is 0 Å². The third-order valence-corrected chi connectivity index (χ3v) is 8.35. The second-order valence-electron chi connectivity index (χ2n) is 10.4. The van der Waals surface area contributed by atoms with Gasteiger partial charge in [0.25, 0.3) is 0 Å². The molecule has 2 unspecified atom stereocenters. The Balaban J connectivity index is 1.47. The van der Waals surface area contributed by atoms with Crippen LogP contribution in [0.2, 0.25) is 0 Å². The Morgan fingerprint density at radius 2 is 1.75 bits per heavy atom. The number of rotatable bonds is 7. The lowest BCUT2D eigenvalue weighted by Gasteiger charge is -2.66. The minimum atomic E-state index is -0.196. The molecule has 5 aliphatic rings. The summed E-state index contributed by atoms with van der Waals surface area (Å²) in [5.41, 5.74) is 0.286. The maximum Gasteiger partial charge on any atom is 0.306 e. The molecule has 4 heteroatoms. The van der Waals surface area contributed by atoms with E-state index >= 15 is 0 Å². The number of carbonyl (C=O) groups excluding carboxylic acids is 2. The molecule has 156 valence electrons. The molecule has 0 aromatic rings. The van der Waals surface area contributed by atoms with Crippen LogP contribution in [0.3, 0.4) is 0 Å². The van der Waals surface area contributed by atoms with Gasteiger partial charge in [0.15, 0.2) is 0 Å². The van der Waals surface area contributed by atoms with Gasteiger partial charge in [0, 0.05) is 24.8 Å². The van der Waals surface area contributed by atoms with Gasteiger partial charge in [-0.15, -0.1) is 0 Å². The molecule has 0 radical (unpaired) electrons. The maximum absolute atomic E-state index is 12.9. The van der Waals surface area contributed by atoms with Crippen LogP contribution in [-0.2, 0) is 14.3 Å². The van der Waals surface area contributed by atoms with Crippen molar-refractivity contribution >= 4 is 11.9 Å². The molecule has 5 aliphatic carbocycles. The van der Waals surface area contributed by atoms with E-state index in [1.54, 1.807) is 0 Å². The molecule has 5 fully saturated rings. The summed E-state index contributed by atoms with van der Waals surface area (Å²) in [7, 11) is 0. The number of hydrogen-bond acceptors (Lipinski definition) is 3. The van der Waals surface area contributed by atoms with E-state index < -0.39 is 0 Å². The third-order valence-electron chi connectivity index (χ3n) is 8.35. The molecule has 5 saturated carbocycles. The lowest BCUT2D eigenvalue weighted by Crippen LogP contribution is -2.65. The first-order chi connectivity index (χ1) is 13.4. The summed E-state index contributed by atoms with van der Waals surface area (Å²) < 4.78 is 6.56. The average molecular weight is 388 g/mol. The predicted octanol–water partition coefficient (Wildman–Crippen LogP) is 4.78. The number of hydrogen-bond donors (Lipinski definition) is 1. The van der Waals surface area contributed by atoms with E-state index in [9.17, 15) is 9.59 Å². The Morgan fingerprint density at radius 1 is 1.07 bits per heavy atom. The van der Waals surface area contributed by atoms with Crippen LogP contribution in [0.25, 0.3) is 0 Å². The van der Waals surface area contributed by atoms with Crippen molar-refractivity contribution in [1.82, 2.24) is 5.32 Å². The molecule has 0 heterocycles. The topological polar surface area (TPSA) is 55.4 Å². The minimum absolute atomic E-state index is 0.0453. The van der Waals surface area contributed by atoms with Crippen molar-refractivity contribution in [2.45, 2.75) is 89.6 Å². The van der Waals surface area contributed by atoms with Crippen LogP contribution in [-0.4, -0.2) is 24.0 Å². The number of carbonyl (C=O) groups is 2. The number of esters is 1. The van der Waals surface area contributed by atoms with Gasteiger partial charge >= 0.3 is 5.97 Å². The van der Waals surface area contributed by atoms with Gasteiger partial charge in [-0.3, -0.25) is 9.59 Å². The Morgan fingerprint density at radius 3 is 2.36 bits per heavy atom. The van der Waals surface area contributed by atoms with Crippen LogP contribution in [0, 0.1) is 29.1 Å². The highest BCUT2D eigenvalue weighted by molar-refractivity contribution is 5.86. The van der Waals surface area contributed by atoms with E-state index in [4.69, 9.17) is 4.74 Å². The van der Waals surface area contributed by atoms with E-state index in [2.05, 4.69) is 18.8 Å². The van der Waals surface area contributed by atoms with Crippen molar-refractivity contribution in [1.29, 1.82) is 0 Å². The van der Waals surface area contributed by atoms with Crippen molar-refractivity contribution in [3.8, 4) is 0 Å². The smallest absolute Gasteiger partial charge is 0.306 e. The first-order valence-corrected chi connectivity index (χ1v) is 11.6. The van der Waals surface area contributed by atoms with Gasteiger partial charge in [-0.25, -0.2) is 0 Å². The SMILES string of the molecule is C=CC(=O)NCCCC(=O)OC1(C2CCCCC2)C2CC3CC1CC(C)(C3)C2. The molecule has 0 aromatic carbocycles. The summed E-state index contributed by atoms with van der Waals surface area (Å²) in [6, 6.07) is 0. The quantitative estimate of drug-likeness (QED) is 0.389.